The number of anilines is 1. The van der Waals surface area contributed by atoms with Crippen molar-refractivity contribution in [2.24, 2.45) is 5.92 Å². The number of rotatable bonds is 11. The van der Waals surface area contributed by atoms with Gasteiger partial charge in [-0.3, -0.25) is 9.59 Å². The van der Waals surface area contributed by atoms with Crippen molar-refractivity contribution in [3.8, 4) is 22.8 Å². The first-order valence-corrected chi connectivity index (χ1v) is 12.4. The summed E-state index contributed by atoms with van der Waals surface area (Å²) in [7, 11) is 1.35. The van der Waals surface area contributed by atoms with Gasteiger partial charge in [-0.15, -0.1) is 0 Å². The van der Waals surface area contributed by atoms with Crippen LogP contribution in [0.25, 0.3) is 22.8 Å². The lowest BCUT2D eigenvalue weighted by atomic mass is 9.94. The topological polar surface area (TPSA) is 94.3 Å². The number of carbonyl (C=O) groups is 2. The number of carbonyl (C=O) groups excluding carboxylic acids is 2. The summed E-state index contributed by atoms with van der Waals surface area (Å²) in [5.41, 5.74) is 4.46. The summed E-state index contributed by atoms with van der Waals surface area (Å²) < 4.78 is 10.1. The summed E-state index contributed by atoms with van der Waals surface area (Å²) in [5, 5.41) is 7.73. The molecule has 0 spiro atoms. The van der Waals surface area contributed by atoms with Gasteiger partial charge in [-0.25, -0.2) is 0 Å². The third-order valence-electron chi connectivity index (χ3n) is 6.18. The molecule has 0 saturated carbocycles. The van der Waals surface area contributed by atoms with Crippen LogP contribution in [0.3, 0.4) is 0 Å². The average molecular weight is 498 g/mol. The van der Waals surface area contributed by atoms with Crippen LogP contribution < -0.4 is 5.32 Å². The zero-order valence-electron chi connectivity index (χ0n) is 21.3. The van der Waals surface area contributed by atoms with E-state index in [0.717, 1.165) is 22.4 Å². The van der Waals surface area contributed by atoms with Gasteiger partial charge in [0.1, 0.15) is 0 Å². The van der Waals surface area contributed by atoms with E-state index in [1.807, 2.05) is 66.7 Å². The van der Waals surface area contributed by atoms with Gasteiger partial charge in [0.25, 0.3) is 5.89 Å². The maximum Gasteiger partial charge on any atom is 0.305 e. The zero-order valence-corrected chi connectivity index (χ0v) is 21.3. The normalized spacial score (nSPS) is 11.8. The largest absolute Gasteiger partial charge is 0.469 e. The van der Waals surface area contributed by atoms with Crippen molar-refractivity contribution in [3.63, 3.8) is 0 Å². The van der Waals surface area contributed by atoms with Crippen molar-refractivity contribution < 1.29 is 18.8 Å². The molecule has 4 rings (SSSR count). The maximum atomic E-state index is 12.4. The quantitative estimate of drug-likeness (QED) is 0.181. The van der Waals surface area contributed by atoms with Gasteiger partial charge in [-0.1, -0.05) is 61.5 Å². The van der Waals surface area contributed by atoms with Gasteiger partial charge < -0.3 is 14.6 Å². The molecule has 0 saturated heterocycles. The maximum absolute atomic E-state index is 12.4. The number of benzene rings is 3. The minimum absolute atomic E-state index is 0.0170. The standard InChI is InChI=1S/C30H31N3O4/c1-20(2)28(31-25-18-16-21(17-19-25)26(34)10-7-11-27(35)36-3)22-12-14-23(15-13-22)29-32-30(37-33-29)24-8-5-4-6-9-24/h4-6,8-9,12-20,28,31H,7,10-11H2,1-3H3/t28-/m0/s1. The van der Waals surface area contributed by atoms with Crippen molar-refractivity contribution in [1.82, 2.24) is 10.1 Å². The number of hydrogen-bond acceptors (Lipinski definition) is 7. The van der Waals surface area contributed by atoms with Crippen LogP contribution in [0.1, 0.15) is 55.1 Å². The lowest BCUT2D eigenvalue weighted by Gasteiger charge is -2.24. The van der Waals surface area contributed by atoms with Gasteiger partial charge in [-0.2, -0.15) is 4.98 Å². The van der Waals surface area contributed by atoms with Crippen molar-refractivity contribution in [2.75, 3.05) is 12.4 Å². The van der Waals surface area contributed by atoms with E-state index >= 15 is 0 Å². The van der Waals surface area contributed by atoms with E-state index in [1.54, 1.807) is 0 Å². The Labute approximate surface area is 216 Å². The number of esters is 1. The molecule has 0 aliphatic rings. The van der Waals surface area contributed by atoms with E-state index in [1.165, 1.54) is 7.11 Å². The third-order valence-corrected chi connectivity index (χ3v) is 6.18. The molecule has 3 aromatic carbocycles. The SMILES string of the molecule is COC(=O)CCCC(=O)c1ccc(N[C@H](c2ccc(-c3noc(-c4ccccc4)n3)cc2)C(C)C)cc1. The van der Waals surface area contributed by atoms with Crippen LogP contribution in [0.5, 0.6) is 0 Å². The molecule has 0 fully saturated rings. The second-order valence-electron chi connectivity index (χ2n) is 9.21. The number of nitrogens with one attached hydrogen (secondary N) is 1. The first-order valence-electron chi connectivity index (χ1n) is 12.4. The highest BCUT2D eigenvalue weighted by atomic mass is 16.5. The molecule has 1 N–H and O–H groups in total. The second-order valence-corrected chi connectivity index (χ2v) is 9.21. The summed E-state index contributed by atoms with van der Waals surface area (Å²) >= 11 is 0. The Balaban J connectivity index is 1.41. The number of ether oxygens (including phenoxy) is 1. The molecule has 0 aliphatic carbocycles. The Bertz CT molecular complexity index is 1310. The van der Waals surface area contributed by atoms with E-state index in [0.29, 0.717) is 36.0 Å². The van der Waals surface area contributed by atoms with Crippen LogP contribution in [-0.4, -0.2) is 29.0 Å². The molecule has 0 radical (unpaired) electrons. The van der Waals surface area contributed by atoms with Crippen LogP contribution >= 0.6 is 0 Å². The molecular formula is C30H31N3O4. The molecule has 4 aromatic rings. The molecule has 0 aliphatic heterocycles. The molecule has 0 unspecified atom stereocenters. The van der Waals surface area contributed by atoms with E-state index < -0.39 is 0 Å². The Hall–Kier alpha value is -4.26. The van der Waals surface area contributed by atoms with Gasteiger partial charge >= 0.3 is 5.97 Å². The first kappa shape index (κ1) is 25.8. The van der Waals surface area contributed by atoms with Crippen LogP contribution in [-0.2, 0) is 9.53 Å². The van der Waals surface area contributed by atoms with Gasteiger partial charge in [0.2, 0.25) is 5.82 Å². The highest BCUT2D eigenvalue weighted by Crippen LogP contribution is 2.29. The van der Waals surface area contributed by atoms with Gasteiger partial charge in [0.05, 0.1) is 13.2 Å². The first-order chi connectivity index (χ1) is 17.9. The smallest absolute Gasteiger partial charge is 0.305 e. The zero-order chi connectivity index (χ0) is 26.2. The summed E-state index contributed by atoms with van der Waals surface area (Å²) in [5.74, 6) is 1.08. The molecular weight excluding hydrogens is 466 g/mol. The minimum atomic E-state index is -0.297. The van der Waals surface area contributed by atoms with Crippen LogP contribution in [0.15, 0.2) is 83.4 Å². The fourth-order valence-electron chi connectivity index (χ4n) is 4.08. The minimum Gasteiger partial charge on any atom is -0.469 e. The number of methoxy groups -OCH3 is 1. The van der Waals surface area contributed by atoms with Gasteiger partial charge in [0.15, 0.2) is 5.78 Å². The Morgan fingerprint density at radius 1 is 0.892 bits per heavy atom. The van der Waals surface area contributed by atoms with Gasteiger partial charge in [-0.05, 0) is 54.3 Å². The molecule has 190 valence electrons. The van der Waals surface area contributed by atoms with Crippen LogP contribution in [0.2, 0.25) is 0 Å². The molecule has 1 atom stereocenters. The van der Waals surface area contributed by atoms with Gasteiger partial charge in [0, 0.05) is 35.2 Å². The molecule has 1 heterocycles. The number of aromatic nitrogens is 2. The Kier molecular flexibility index (Phi) is 8.46. The van der Waals surface area contributed by atoms with Crippen molar-refractivity contribution >= 4 is 17.4 Å². The summed E-state index contributed by atoms with van der Waals surface area (Å²) in [4.78, 5) is 28.2. The van der Waals surface area contributed by atoms with Crippen LogP contribution in [0, 0.1) is 5.92 Å². The number of nitrogens with zero attached hydrogens (tertiary/aromatic N) is 2. The van der Waals surface area contributed by atoms with Crippen molar-refractivity contribution in [1.29, 1.82) is 0 Å². The lowest BCUT2D eigenvalue weighted by molar-refractivity contribution is -0.140. The molecule has 7 nitrogen and oxygen atoms in total. The fraction of sp³-hybridized carbons (Fsp3) is 0.267. The predicted molar refractivity (Wildman–Crippen MR) is 143 cm³/mol. The fourth-order valence-corrected chi connectivity index (χ4v) is 4.08. The van der Waals surface area contributed by atoms with E-state index in [-0.39, 0.29) is 24.2 Å². The van der Waals surface area contributed by atoms with Crippen LogP contribution in [0.4, 0.5) is 5.69 Å². The highest BCUT2D eigenvalue weighted by molar-refractivity contribution is 5.96. The van der Waals surface area contributed by atoms with Crippen molar-refractivity contribution in [3.05, 3.63) is 90.0 Å². The molecule has 0 bridgehead atoms. The van der Waals surface area contributed by atoms with Crippen molar-refractivity contribution in [2.45, 2.75) is 39.2 Å². The average Bonchev–Trinajstić information content (AvgIpc) is 3.43. The Morgan fingerprint density at radius 2 is 1.59 bits per heavy atom. The van der Waals surface area contributed by atoms with E-state index in [9.17, 15) is 9.59 Å². The van der Waals surface area contributed by atoms with E-state index in [4.69, 9.17) is 4.52 Å². The molecule has 37 heavy (non-hydrogen) atoms. The Morgan fingerprint density at radius 3 is 2.24 bits per heavy atom. The molecule has 1 aromatic heterocycles. The lowest BCUT2D eigenvalue weighted by Crippen LogP contribution is -2.16. The molecule has 7 heteroatoms. The number of hydrogen-bond donors (Lipinski definition) is 1. The van der Waals surface area contributed by atoms with E-state index in [2.05, 4.69) is 46.2 Å². The molecule has 0 amide bonds. The third kappa shape index (κ3) is 6.70. The highest BCUT2D eigenvalue weighted by Gasteiger charge is 2.17. The second kappa shape index (κ2) is 12.1. The predicted octanol–water partition coefficient (Wildman–Crippen LogP) is 6.74. The monoisotopic (exact) mass is 497 g/mol. The summed E-state index contributed by atoms with van der Waals surface area (Å²) in [6.45, 7) is 4.33. The number of ketones is 1. The number of Topliss-reactive ketones (excluding diaryl/α,β-unsaturated/α-hetero) is 1. The summed E-state index contributed by atoms with van der Waals surface area (Å²) in [6, 6.07) is 25.4. The summed E-state index contributed by atoms with van der Waals surface area (Å²) in [6.07, 6.45) is 1.04.